The second kappa shape index (κ2) is 5.20. The Morgan fingerprint density at radius 1 is 1.22 bits per heavy atom. The van der Waals surface area contributed by atoms with E-state index in [1.807, 2.05) is 24.3 Å². The molecule has 0 N–H and O–H groups in total. The van der Waals surface area contributed by atoms with E-state index in [1.165, 1.54) is 0 Å². The van der Waals surface area contributed by atoms with Gasteiger partial charge in [0.15, 0.2) is 6.29 Å². The van der Waals surface area contributed by atoms with Crippen LogP contribution in [-0.2, 0) is 9.47 Å². The first-order valence-corrected chi connectivity index (χ1v) is 6.80. The molecule has 0 aromatic heterocycles. The third-order valence-electron chi connectivity index (χ3n) is 3.39. The summed E-state index contributed by atoms with van der Waals surface area (Å²) in [6.07, 6.45) is -0.0744. The monoisotopic (exact) mass is 268 g/mol. The van der Waals surface area contributed by atoms with Gasteiger partial charge < -0.3 is 9.47 Å². The highest BCUT2D eigenvalue weighted by atomic mass is 35.5. The van der Waals surface area contributed by atoms with E-state index in [0.29, 0.717) is 12.5 Å². The van der Waals surface area contributed by atoms with Crippen LogP contribution in [-0.4, -0.2) is 12.7 Å². The molecule has 1 aromatic carbocycles. The van der Waals surface area contributed by atoms with Crippen molar-refractivity contribution in [3.8, 4) is 0 Å². The molecule has 18 heavy (non-hydrogen) atoms. The summed E-state index contributed by atoms with van der Waals surface area (Å²) >= 11 is 5.89. The summed E-state index contributed by atoms with van der Waals surface area (Å²) in [6.45, 7) is 9.47. The molecule has 0 radical (unpaired) electrons. The van der Waals surface area contributed by atoms with Gasteiger partial charge in [-0.1, -0.05) is 51.4 Å². The van der Waals surface area contributed by atoms with Crippen molar-refractivity contribution in [3.63, 3.8) is 0 Å². The van der Waals surface area contributed by atoms with Gasteiger partial charge in [-0.25, -0.2) is 0 Å². The molecule has 1 aliphatic heterocycles. The second-order valence-electron chi connectivity index (χ2n) is 5.98. The number of halogens is 1. The molecule has 1 saturated heterocycles. The average Bonchev–Trinajstić information content (AvgIpc) is 2.29. The number of hydrogen-bond acceptors (Lipinski definition) is 2. The molecule has 0 saturated carbocycles. The van der Waals surface area contributed by atoms with Crippen molar-refractivity contribution in [1.82, 2.24) is 0 Å². The fourth-order valence-corrected chi connectivity index (χ4v) is 2.71. The lowest BCUT2D eigenvalue weighted by Gasteiger charge is -2.44. The summed E-state index contributed by atoms with van der Waals surface area (Å²) in [5.41, 5.74) is 1.08. The first-order valence-electron chi connectivity index (χ1n) is 6.43. The summed E-state index contributed by atoms with van der Waals surface area (Å²) in [5.74, 6) is 0.471. The fraction of sp³-hybridized carbons (Fsp3) is 0.600. The van der Waals surface area contributed by atoms with Crippen molar-refractivity contribution >= 4 is 11.6 Å². The molecule has 2 unspecified atom stereocenters. The Labute approximate surface area is 114 Å². The van der Waals surface area contributed by atoms with Gasteiger partial charge in [0.2, 0.25) is 0 Å². The molecule has 3 heteroatoms. The third-order valence-corrected chi connectivity index (χ3v) is 3.65. The van der Waals surface area contributed by atoms with Gasteiger partial charge in [0.1, 0.15) is 0 Å². The van der Waals surface area contributed by atoms with Gasteiger partial charge in [0, 0.05) is 16.0 Å². The molecule has 0 spiro atoms. The van der Waals surface area contributed by atoms with Gasteiger partial charge in [0.25, 0.3) is 0 Å². The Bertz CT molecular complexity index is 397. The van der Waals surface area contributed by atoms with Gasteiger partial charge in [-0.3, -0.25) is 0 Å². The second-order valence-corrected chi connectivity index (χ2v) is 6.42. The molecule has 1 aromatic rings. The summed E-state index contributed by atoms with van der Waals surface area (Å²) < 4.78 is 12.0. The minimum Gasteiger partial charge on any atom is -0.348 e. The highest BCUT2D eigenvalue weighted by Gasteiger charge is 2.40. The van der Waals surface area contributed by atoms with E-state index in [9.17, 15) is 0 Å². The zero-order valence-corrected chi connectivity index (χ0v) is 12.2. The minimum absolute atomic E-state index is 0.0527. The minimum atomic E-state index is -0.275. The molecule has 100 valence electrons. The highest BCUT2D eigenvalue weighted by molar-refractivity contribution is 6.30. The summed E-state index contributed by atoms with van der Waals surface area (Å²) in [4.78, 5) is 0. The largest absolute Gasteiger partial charge is 0.348 e. The van der Waals surface area contributed by atoms with Crippen LogP contribution in [0.25, 0.3) is 0 Å². The smallest absolute Gasteiger partial charge is 0.184 e. The van der Waals surface area contributed by atoms with E-state index in [4.69, 9.17) is 21.1 Å². The van der Waals surface area contributed by atoms with Crippen LogP contribution in [0.2, 0.25) is 5.02 Å². The van der Waals surface area contributed by atoms with E-state index in [2.05, 4.69) is 27.7 Å². The molecular weight excluding hydrogens is 248 g/mol. The topological polar surface area (TPSA) is 18.5 Å². The Morgan fingerprint density at radius 3 is 2.39 bits per heavy atom. The Morgan fingerprint density at radius 2 is 1.83 bits per heavy atom. The third kappa shape index (κ3) is 2.87. The van der Waals surface area contributed by atoms with Crippen LogP contribution < -0.4 is 0 Å². The van der Waals surface area contributed by atoms with E-state index < -0.39 is 0 Å². The van der Waals surface area contributed by atoms with Gasteiger partial charge >= 0.3 is 0 Å². The normalized spacial score (nSPS) is 27.4. The SMILES string of the molecule is CC(C)C1OC(c2ccc(Cl)cc2)OCC1(C)C. The molecule has 1 fully saturated rings. The molecule has 0 aliphatic carbocycles. The number of hydrogen-bond donors (Lipinski definition) is 0. The Kier molecular flexibility index (Phi) is 4.00. The van der Waals surface area contributed by atoms with Crippen molar-refractivity contribution in [2.45, 2.75) is 40.1 Å². The van der Waals surface area contributed by atoms with Gasteiger partial charge in [-0.2, -0.15) is 0 Å². The lowest BCUT2D eigenvalue weighted by Crippen LogP contribution is -2.45. The standard InChI is InChI=1S/C15H21ClO2/c1-10(2)13-15(3,4)9-17-14(18-13)11-5-7-12(16)8-6-11/h5-8,10,13-14H,9H2,1-4H3. The van der Waals surface area contributed by atoms with Crippen LogP contribution in [0, 0.1) is 11.3 Å². The molecule has 2 atom stereocenters. The van der Waals surface area contributed by atoms with Gasteiger partial charge in [-0.15, -0.1) is 0 Å². The number of rotatable bonds is 2. The zero-order valence-electron chi connectivity index (χ0n) is 11.4. The Balaban J connectivity index is 2.15. The number of benzene rings is 1. The van der Waals surface area contributed by atoms with Crippen LogP contribution in [0.3, 0.4) is 0 Å². The quantitative estimate of drug-likeness (QED) is 0.790. The van der Waals surface area contributed by atoms with Crippen molar-refractivity contribution < 1.29 is 9.47 Å². The van der Waals surface area contributed by atoms with Crippen molar-refractivity contribution in [1.29, 1.82) is 0 Å². The van der Waals surface area contributed by atoms with Crippen molar-refractivity contribution in [2.75, 3.05) is 6.61 Å². The van der Waals surface area contributed by atoms with E-state index >= 15 is 0 Å². The maximum atomic E-state index is 6.12. The molecule has 1 heterocycles. The number of ether oxygens (including phenoxy) is 2. The predicted molar refractivity (Wildman–Crippen MR) is 73.6 cm³/mol. The van der Waals surface area contributed by atoms with E-state index in [-0.39, 0.29) is 17.8 Å². The predicted octanol–water partition coefficient (Wildman–Crippen LogP) is 4.44. The average molecular weight is 269 g/mol. The van der Waals surface area contributed by atoms with Crippen molar-refractivity contribution in [2.24, 2.45) is 11.3 Å². The summed E-state index contributed by atoms with van der Waals surface area (Å²) in [5, 5.41) is 0.732. The molecular formula is C15H21ClO2. The Hall–Kier alpha value is -0.570. The first kappa shape index (κ1) is 13.9. The van der Waals surface area contributed by atoms with Gasteiger partial charge in [-0.05, 0) is 18.1 Å². The van der Waals surface area contributed by atoms with Gasteiger partial charge in [0.05, 0.1) is 12.7 Å². The molecule has 2 nitrogen and oxygen atoms in total. The lowest BCUT2D eigenvalue weighted by atomic mass is 9.80. The molecule has 0 bridgehead atoms. The first-order chi connectivity index (χ1) is 8.40. The molecule has 2 rings (SSSR count). The maximum absolute atomic E-state index is 6.12. The highest BCUT2D eigenvalue weighted by Crippen LogP contribution is 2.39. The molecule has 1 aliphatic rings. The van der Waals surface area contributed by atoms with Crippen molar-refractivity contribution in [3.05, 3.63) is 34.9 Å². The van der Waals surface area contributed by atoms with Crippen LogP contribution in [0.5, 0.6) is 0 Å². The fourth-order valence-electron chi connectivity index (χ4n) is 2.58. The van der Waals surface area contributed by atoms with Crippen LogP contribution >= 0.6 is 11.6 Å². The van der Waals surface area contributed by atoms with E-state index in [1.54, 1.807) is 0 Å². The summed E-state index contributed by atoms with van der Waals surface area (Å²) in [7, 11) is 0. The van der Waals surface area contributed by atoms with Crippen LogP contribution in [0.15, 0.2) is 24.3 Å². The van der Waals surface area contributed by atoms with Crippen LogP contribution in [0.1, 0.15) is 39.5 Å². The molecule has 0 amide bonds. The zero-order chi connectivity index (χ0) is 13.3. The van der Waals surface area contributed by atoms with E-state index in [0.717, 1.165) is 10.6 Å². The summed E-state index contributed by atoms with van der Waals surface area (Å²) in [6, 6.07) is 7.66. The van der Waals surface area contributed by atoms with Crippen LogP contribution in [0.4, 0.5) is 0 Å². The maximum Gasteiger partial charge on any atom is 0.184 e. The lowest BCUT2D eigenvalue weighted by molar-refractivity contribution is -0.274.